The van der Waals surface area contributed by atoms with Crippen molar-refractivity contribution in [2.24, 2.45) is 0 Å². The SMILES string of the molecule is Cc1ccc(C(=O)N(Cc2ccc(C#N)cc2)C(C)C)cc1. The molecule has 22 heavy (non-hydrogen) atoms. The molecule has 0 radical (unpaired) electrons. The van der Waals surface area contributed by atoms with E-state index in [0.29, 0.717) is 17.7 Å². The third-order valence-electron chi connectivity index (χ3n) is 3.62. The van der Waals surface area contributed by atoms with Crippen LogP contribution in [0.1, 0.15) is 40.9 Å². The lowest BCUT2D eigenvalue weighted by Crippen LogP contribution is -2.36. The highest BCUT2D eigenvalue weighted by molar-refractivity contribution is 5.94. The van der Waals surface area contributed by atoms with E-state index < -0.39 is 0 Å². The lowest BCUT2D eigenvalue weighted by atomic mass is 10.1. The van der Waals surface area contributed by atoms with Gasteiger partial charge in [0, 0.05) is 18.2 Å². The van der Waals surface area contributed by atoms with Gasteiger partial charge in [0.2, 0.25) is 0 Å². The molecule has 3 heteroatoms. The van der Waals surface area contributed by atoms with Crippen molar-refractivity contribution in [3.05, 3.63) is 70.8 Å². The summed E-state index contributed by atoms with van der Waals surface area (Å²) in [6, 6.07) is 17.2. The maximum absolute atomic E-state index is 12.7. The molecule has 0 heterocycles. The molecule has 1 amide bonds. The molecule has 112 valence electrons. The van der Waals surface area contributed by atoms with Gasteiger partial charge in [-0.15, -0.1) is 0 Å². The minimum Gasteiger partial charge on any atom is -0.332 e. The summed E-state index contributed by atoms with van der Waals surface area (Å²) in [6.07, 6.45) is 0. The van der Waals surface area contributed by atoms with E-state index in [1.165, 1.54) is 0 Å². The Morgan fingerprint density at radius 1 is 1.09 bits per heavy atom. The average molecular weight is 292 g/mol. The molecule has 2 aromatic carbocycles. The molecule has 0 N–H and O–H groups in total. The molecule has 0 bridgehead atoms. The fraction of sp³-hybridized carbons (Fsp3) is 0.263. The molecule has 0 aliphatic rings. The maximum atomic E-state index is 12.7. The molecule has 0 saturated heterocycles. The van der Waals surface area contributed by atoms with Gasteiger partial charge in [-0.2, -0.15) is 5.26 Å². The highest BCUT2D eigenvalue weighted by Gasteiger charge is 2.18. The van der Waals surface area contributed by atoms with Crippen LogP contribution in [0.4, 0.5) is 0 Å². The van der Waals surface area contributed by atoms with E-state index in [4.69, 9.17) is 5.26 Å². The Kier molecular flexibility index (Phi) is 4.95. The van der Waals surface area contributed by atoms with Crippen molar-refractivity contribution >= 4 is 5.91 Å². The molecule has 0 aliphatic heterocycles. The van der Waals surface area contributed by atoms with Crippen LogP contribution in [-0.2, 0) is 6.54 Å². The van der Waals surface area contributed by atoms with Crippen molar-refractivity contribution in [1.29, 1.82) is 5.26 Å². The van der Waals surface area contributed by atoms with Crippen LogP contribution in [0.2, 0.25) is 0 Å². The number of carbonyl (C=O) groups is 1. The van der Waals surface area contributed by atoms with Crippen LogP contribution in [0.25, 0.3) is 0 Å². The van der Waals surface area contributed by atoms with Crippen molar-refractivity contribution in [3.8, 4) is 6.07 Å². The van der Waals surface area contributed by atoms with E-state index in [-0.39, 0.29) is 11.9 Å². The van der Waals surface area contributed by atoms with Crippen molar-refractivity contribution in [2.45, 2.75) is 33.4 Å². The Morgan fingerprint density at radius 3 is 2.18 bits per heavy atom. The lowest BCUT2D eigenvalue weighted by molar-refractivity contribution is 0.0690. The zero-order valence-electron chi connectivity index (χ0n) is 13.2. The largest absolute Gasteiger partial charge is 0.332 e. The minimum absolute atomic E-state index is 0.0272. The number of benzene rings is 2. The van der Waals surface area contributed by atoms with Gasteiger partial charge in [-0.05, 0) is 50.6 Å². The van der Waals surface area contributed by atoms with Crippen molar-refractivity contribution in [3.63, 3.8) is 0 Å². The zero-order chi connectivity index (χ0) is 16.1. The van der Waals surface area contributed by atoms with Gasteiger partial charge in [-0.1, -0.05) is 29.8 Å². The van der Waals surface area contributed by atoms with Gasteiger partial charge in [0.25, 0.3) is 5.91 Å². The predicted octanol–water partition coefficient (Wildman–Crippen LogP) is 3.92. The smallest absolute Gasteiger partial charge is 0.254 e. The van der Waals surface area contributed by atoms with Crippen molar-refractivity contribution in [2.75, 3.05) is 0 Å². The van der Waals surface area contributed by atoms with Crippen LogP contribution in [-0.4, -0.2) is 16.8 Å². The van der Waals surface area contributed by atoms with Gasteiger partial charge >= 0.3 is 0 Å². The first kappa shape index (κ1) is 15.8. The minimum atomic E-state index is 0.0272. The zero-order valence-corrected chi connectivity index (χ0v) is 13.2. The molecular weight excluding hydrogens is 272 g/mol. The molecule has 2 aromatic rings. The first-order valence-corrected chi connectivity index (χ1v) is 7.38. The molecule has 0 aliphatic carbocycles. The Hall–Kier alpha value is -2.60. The fourth-order valence-corrected chi connectivity index (χ4v) is 2.23. The van der Waals surface area contributed by atoms with Gasteiger partial charge in [-0.3, -0.25) is 4.79 Å². The first-order chi connectivity index (χ1) is 10.5. The Morgan fingerprint density at radius 2 is 1.68 bits per heavy atom. The highest BCUT2D eigenvalue weighted by Crippen LogP contribution is 2.14. The number of hydrogen-bond donors (Lipinski definition) is 0. The van der Waals surface area contributed by atoms with Gasteiger partial charge in [0.15, 0.2) is 0 Å². The summed E-state index contributed by atoms with van der Waals surface area (Å²) in [7, 11) is 0. The number of amides is 1. The molecule has 0 fully saturated rings. The van der Waals surface area contributed by atoms with Gasteiger partial charge in [0.1, 0.15) is 0 Å². The van der Waals surface area contributed by atoms with Crippen LogP contribution >= 0.6 is 0 Å². The molecule has 0 saturated carbocycles. The summed E-state index contributed by atoms with van der Waals surface area (Å²) < 4.78 is 0. The van der Waals surface area contributed by atoms with Gasteiger partial charge < -0.3 is 4.90 Å². The quantitative estimate of drug-likeness (QED) is 0.857. The summed E-state index contributed by atoms with van der Waals surface area (Å²) in [5.41, 5.74) is 3.49. The number of carbonyl (C=O) groups excluding carboxylic acids is 1. The topological polar surface area (TPSA) is 44.1 Å². The fourth-order valence-electron chi connectivity index (χ4n) is 2.23. The predicted molar refractivity (Wildman–Crippen MR) is 87.3 cm³/mol. The second-order valence-electron chi connectivity index (χ2n) is 5.70. The molecule has 0 spiro atoms. The second-order valence-corrected chi connectivity index (χ2v) is 5.70. The van der Waals surface area contributed by atoms with Crippen LogP contribution in [0, 0.1) is 18.3 Å². The lowest BCUT2D eigenvalue weighted by Gasteiger charge is -2.27. The van der Waals surface area contributed by atoms with Crippen molar-refractivity contribution < 1.29 is 4.79 Å². The van der Waals surface area contributed by atoms with E-state index >= 15 is 0 Å². The second kappa shape index (κ2) is 6.91. The third-order valence-corrected chi connectivity index (χ3v) is 3.62. The Bertz CT molecular complexity index is 679. The summed E-state index contributed by atoms with van der Waals surface area (Å²) in [6.45, 7) is 6.56. The number of aryl methyl sites for hydroxylation is 1. The molecule has 2 rings (SSSR count). The van der Waals surface area contributed by atoms with E-state index in [1.54, 1.807) is 12.1 Å². The normalized spacial score (nSPS) is 10.3. The summed E-state index contributed by atoms with van der Waals surface area (Å²) in [5.74, 6) is 0.0272. The maximum Gasteiger partial charge on any atom is 0.254 e. The monoisotopic (exact) mass is 292 g/mol. The summed E-state index contributed by atoms with van der Waals surface area (Å²) >= 11 is 0. The molecule has 3 nitrogen and oxygen atoms in total. The average Bonchev–Trinajstić information content (AvgIpc) is 2.53. The van der Waals surface area contributed by atoms with E-state index in [1.807, 2.05) is 62.1 Å². The Balaban J connectivity index is 2.20. The highest BCUT2D eigenvalue weighted by atomic mass is 16.2. The van der Waals surface area contributed by atoms with E-state index in [9.17, 15) is 4.79 Å². The number of nitriles is 1. The van der Waals surface area contributed by atoms with Crippen LogP contribution in [0.15, 0.2) is 48.5 Å². The molecule has 0 aromatic heterocycles. The van der Waals surface area contributed by atoms with Crippen LogP contribution < -0.4 is 0 Å². The molecule has 0 atom stereocenters. The van der Waals surface area contributed by atoms with E-state index in [0.717, 1.165) is 11.1 Å². The first-order valence-electron chi connectivity index (χ1n) is 7.38. The van der Waals surface area contributed by atoms with Crippen LogP contribution in [0.3, 0.4) is 0 Å². The number of nitrogens with zero attached hydrogens (tertiary/aromatic N) is 2. The summed E-state index contributed by atoms with van der Waals surface area (Å²) in [5, 5.41) is 8.84. The number of rotatable bonds is 4. The van der Waals surface area contributed by atoms with Crippen LogP contribution in [0.5, 0.6) is 0 Å². The van der Waals surface area contributed by atoms with Crippen molar-refractivity contribution in [1.82, 2.24) is 4.90 Å². The Labute approximate surface area is 131 Å². The van der Waals surface area contributed by atoms with E-state index in [2.05, 4.69) is 6.07 Å². The standard InChI is InChI=1S/C19H20N2O/c1-14(2)21(13-17-8-6-16(12-20)7-9-17)19(22)18-10-4-15(3)5-11-18/h4-11,14H,13H2,1-3H3. The number of hydrogen-bond acceptors (Lipinski definition) is 2. The molecular formula is C19H20N2O. The van der Waals surface area contributed by atoms with Gasteiger partial charge in [-0.25, -0.2) is 0 Å². The van der Waals surface area contributed by atoms with Gasteiger partial charge in [0.05, 0.1) is 11.6 Å². The summed E-state index contributed by atoms with van der Waals surface area (Å²) in [4.78, 5) is 14.5. The third kappa shape index (κ3) is 3.73. The molecule has 0 unspecified atom stereocenters.